The average Bonchev–Trinajstić information content (AvgIpc) is 2.92. The largest absolute Gasteiger partial charge is 0.491 e. The molecule has 3 aromatic carbocycles. The first-order valence-corrected chi connectivity index (χ1v) is 14.8. The van der Waals surface area contributed by atoms with E-state index in [2.05, 4.69) is 22.0 Å². The zero-order valence-electron chi connectivity index (χ0n) is 22.1. The average molecular weight is 602 g/mol. The summed E-state index contributed by atoms with van der Waals surface area (Å²) in [6, 6.07) is 20.5. The van der Waals surface area contributed by atoms with E-state index in [1.165, 1.54) is 10.4 Å². The summed E-state index contributed by atoms with van der Waals surface area (Å²) < 4.78 is 39.4. The Labute approximate surface area is 233 Å². The summed E-state index contributed by atoms with van der Waals surface area (Å²) in [6.07, 6.45) is 0.111. The highest BCUT2D eigenvalue weighted by Gasteiger charge is 2.30. The van der Waals surface area contributed by atoms with E-state index in [1.807, 2.05) is 63.2 Å². The molecule has 1 amide bonds. The first-order chi connectivity index (χ1) is 18.1. The van der Waals surface area contributed by atoms with Crippen molar-refractivity contribution in [3.8, 4) is 16.9 Å². The van der Waals surface area contributed by atoms with Gasteiger partial charge in [-0.3, -0.25) is 4.79 Å². The number of hydrogen-bond acceptors (Lipinski definition) is 5. The van der Waals surface area contributed by atoms with E-state index in [4.69, 9.17) is 9.47 Å². The molecular formula is C29H33BrN2O5S. The lowest BCUT2D eigenvalue weighted by Gasteiger charge is -2.28. The zero-order valence-corrected chi connectivity index (χ0v) is 24.5. The van der Waals surface area contributed by atoms with Crippen molar-refractivity contribution in [1.29, 1.82) is 0 Å². The van der Waals surface area contributed by atoms with Crippen molar-refractivity contribution in [2.24, 2.45) is 0 Å². The van der Waals surface area contributed by atoms with Crippen molar-refractivity contribution in [3.05, 3.63) is 82.3 Å². The van der Waals surface area contributed by atoms with E-state index in [1.54, 1.807) is 24.1 Å². The van der Waals surface area contributed by atoms with Gasteiger partial charge >= 0.3 is 0 Å². The van der Waals surface area contributed by atoms with Gasteiger partial charge in [0.05, 0.1) is 30.3 Å². The van der Waals surface area contributed by atoms with Crippen LogP contribution in [-0.4, -0.2) is 63.0 Å². The Morgan fingerprint density at radius 1 is 0.974 bits per heavy atom. The molecule has 0 spiro atoms. The number of sulfonamides is 1. The van der Waals surface area contributed by atoms with E-state index in [-0.39, 0.29) is 36.0 Å². The van der Waals surface area contributed by atoms with Gasteiger partial charge in [0.1, 0.15) is 5.75 Å². The second kappa shape index (κ2) is 12.0. The van der Waals surface area contributed by atoms with Gasteiger partial charge in [-0.2, -0.15) is 4.31 Å². The molecule has 1 heterocycles. The van der Waals surface area contributed by atoms with Gasteiger partial charge in [-0.25, -0.2) is 8.42 Å². The number of morpholine rings is 1. The summed E-state index contributed by atoms with van der Waals surface area (Å²) in [7, 11) is -2.03. The maximum Gasteiger partial charge on any atom is 0.254 e. The molecule has 1 atom stereocenters. The minimum Gasteiger partial charge on any atom is -0.491 e. The van der Waals surface area contributed by atoms with Crippen LogP contribution < -0.4 is 4.74 Å². The molecule has 0 bridgehead atoms. The first kappa shape index (κ1) is 28.3. The van der Waals surface area contributed by atoms with Crippen molar-refractivity contribution in [3.63, 3.8) is 0 Å². The Morgan fingerprint density at radius 2 is 1.66 bits per heavy atom. The minimum atomic E-state index is -3.77. The number of carbonyl (C=O) groups is 1. The van der Waals surface area contributed by atoms with Gasteiger partial charge < -0.3 is 14.4 Å². The van der Waals surface area contributed by atoms with Crippen LogP contribution in [0, 0.1) is 0 Å². The molecule has 0 radical (unpaired) electrons. The molecular weight excluding hydrogens is 568 g/mol. The minimum absolute atomic E-state index is 0.0817. The van der Waals surface area contributed by atoms with Gasteiger partial charge in [-0.05, 0) is 89.8 Å². The Hall–Kier alpha value is -2.72. The molecule has 0 saturated carbocycles. The van der Waals surface area contributed by atoms with E-state index in [9.17, 15) is 13.2 Å². The Kier molecular flexibility index (Phi) is 8.92. The Morgan fingerprint density at radius 3 is 2.32 bits per heavy atom. The fourth-order valence-electron chi connectivity index (χ4n) is 4.34. The summed E-state index contributed by atoms with van der Waals surface area (Å²) in [5, 5.41) is 0. The summed E-state index contributed by atoms with van der Waals surface area (Å²) in [5.74, 6) is 0.562. The molecule has 9 heteroatoms. The fourth-order valence-corrected chi connectivity index (χ4v) is 6.70. The van der Waals surface area contributed by atoms with Crippen LogP contribution in [0.15, 0.2) is 76.1 Å². The first-order valence-electron chi connectivity index (χ1n) is 12.6. The Bertz CT molecular complexity index is 1390. The van der Waals surface area contributed by atoms with Crippen LogP contribution in [0.1, 0.15) is 42.7 Å². The summed E-state index contributed by atoms with van der Waals surface area (Å²) in [5.41, 5.74) is 3.37. The lowest BCUT2D eigenvalue weighted by molar-refractivity contribution is 0.0728. The quantitative estimate of drug-likeness (QED) is 0.329. The van der Waals surface area contributed by atoms with Crippen molar-refractivity contribution in [2.45, 2.75) is 37.8 Å². The number of amides is 1. The van der Waals surface area contributed by atoms with Crippen molar-refractivity contribution in [2.75, 3.05) is 33.4 Å². The molecule has 0 N–H and O–H groups in total. The van der Waals surface area contributed by atoms with Crippen molar-refractivity contribution < 1.29 is 22.7 Å². The SMILES string of the molecule is CC(C)Oc1ccc(-c2cccc(C(C)N(C)C(=O)c3ccc(Br)c(S(=O)(=O)N4CCOCC4)c3)c2)cc1. The van der Waals surface area contributed by atoms with E-state index < -0.39 is 10.0 Å². The second-order valence-electron chi connectivity index (χ2n) is 9.57. The maximum atomic E-state index is 13.5. The van der Waals surface area contributed by atoms with Crippen molar-refractivity contribution in [1.82, 2.24) is 9.21 Å². The van der Waals surface area contributed by atoms with Gasteiger partial charge in [0.15, 0.2) is 0 Å². The van der Waals surface area contributed by atoms with Crippen LogP contribution in [0.2, 0.25) is 0 Å². The topological polar surface area (TPSA) is 76.2 Å². The molecule has 1 fully saturated rings. The number of ether oxygens (including phenoxy) is 2. The lowest BCUT2D eigenvalue weighted by atomic mass is 9.99. The third-order valence-corrected chi connectivity index (χ3v) is 9.49. The van der Waals surface area contributed by atoms with E-state index >= 15 is 0 Å². The van der Waals surface area contributed by atoms with Crippen LogP contribution >= 0.6 is 15.9 Å². The standard InChI is InChI=1S/C29H33BrN2O5S/c1-20(2)37-26-11-8-22(9-12-26)24-7-5-6-23(18-24)21(3)31(4)29(33)25-10-13-27(30)28(19-25)38(34,35)32-14-16-36-17-15-32/h5-13,18-21H,14-17H2,1-4H3. The van der Waals surface area contributed by atoms with Crippen LogP contribution in [0.4, 0.5) is 0 Å². The fraction of sp³-hybridized carbons (Fsp3) is 0.345. The van der Waals surface area contributed by atoms with Crippen LogP contribution in [0.3, 0.4) is 0 Å². The highest BCUT2D eigenvalue weighted by Crippen LogP contribution is 2.30. The van der Waals surface area contributed by atoms with Gasteiger partial charge in [0, 0.05) is 30.2 Å². The maximum absolute atomic E-state index is 13.5. The monoisotopic (exact) mass is 600 g/mol. The molecule has 1 aliphatic rings. The molecule has 0 aliphatic carbocycles. The lowest BCUT2D eigenvalue weighted by Crippen LogP contribution is -2.40. The highest BCUT2D eigenvalue weighted by atomic mass is 79.9. The smallest absolute Gasteiger partial charge is 0.254 e. The van der Waals surface area contributed by atoms with E-state index in [0.717, 1.165) is 22.4 Å². The van der Waals surface area contributed by atoms with Crippen LogP contribution in [-0.2, 0) is 14.8 Å². The summed E-state index contributed by atoms with van der Waals surface area (Å²) in [6.45, 7) is 7.22. The second-order valence-corrected chi connectivity index (χ2v) is 12.3. The number of rotatable bonds is 8. The van der Waals surface area contributed by atoms with Crippen LogP contribution in [0.5, 0.6) is 5.75 Å². The number of halogens is 1. The van der Waals surface area contributed by atoms with Crippen molar-refractivity contribution >= 4 is 31.9 Å². The van der Waals surface area contributed by atoms with Gasteiger partial charge in [-0.15, -0.1) is 0 Å². The number of nitrogens with zero attached hydrogens (tertiary/aromatic N) is 2. The summed E-state index contributed by atoms with van der Waals surface area (Å²) >= 11 is 3.36. The molecule has 202 valence electrons. The van der Waals surface area contributed by atoms with E-state index in [0.29, 0.717) is 23.2 Å². The molecule has 3 aromatic rings. The zero-order chi connectivity index (χ0) is 27.4. The van der Waals surface area contributed by atoms with Gasteiger partial charge in [0.2, 0.25) is 10.0 Å². The van der Waals surface area contributed by atoms with Gasteiger partial charge in [-0.1, -0.05) is 30.3 Å². The van der Waals surface area contributed by atoms with Crippen LogP contribution in [0.25, 0.3) is 11.1 Å². The number of benzene rings is 3. The third-order valence-electron chi connectivity index (χ3n) is 6.60. The number of carbonyl (C=O) groups excluding carboxylic acids is 1. The third kappa shape index (κ3) is 6.29. The molecule has 38 heavy (non-hydrogen) atoms. The predicted molar refractivity (Wildman–Crippen MR) is 152 cm³/mol. The predicted octanol–water partition coefficient (Wildman–Crippen LogP) is 5.76. The normalized spacial score (nSPS) is 15.3. The molecule has 1 unspecified atom stereocenters. The highest BCUT2D eigenvalue weighted by molar-refractivity contribution is 9.10. The molecule has 4 rings (SSSR count). The van der Waals surface area contributed by atoms with Gasteiger partial charge in [0.25, 0.3) is 5.91 Å². The Balaban J connectivity index is 1.55. The summed E-state index contributed by atoms with van der Waals surface area (Å²) in [4.78, 5) is 15.2. The molecule has 0 aromatic heterocycles. The molecule has 7 nitrogen and oxygen atoms in total. The molecule has 1 saturated heterocycles. The molecule has 1 aliphatic heterocycles. The number of hydrogen-bond donors (Lipinski definition) is 0.